The number of carbonyl (C=O) groups excluding carboxylic acids is 1. The highest BCUT2D eigenvalue weighted by Crippen LogP contribution is 2.40. The third kappa shape index (κ3) is 2.14. The molecule has 5 heteroatoms. The summed E-state index contributed by atoms with van der Waals surface area (Å²) in [6, 6.07) is 5.81. The Hall–Kier alpha value is -1.75. The van der Waals surface area contributed by atoms with Crippen LogP contribution in [0.2, 0.25) is 0 Å². The van der Waals surface area contributed by atoms with Crippen molar-refractivity contribution in [3.05, 3.63) is 23.8 Å². The molecule has 1 fully saturated rings. The van der Waals surface area contributed by atoms with Crippen molar-refractivity contribution in [2.45, 2.75) is 11.8 Å². The Morgan fingerprint density at radius 1 is 1.26 bits per heavy atom. The molecule has 1 aromatic carbocycles. The minimum Gasteiger partial charge on any atom is -0.486 e. The molecule has 0 unspecified atom stereocenters. The zero-order chi connectivity index (χ0) is 13.3. The number of carbonyl (C=O) groups is 1. The van der Waals surface area contributed by atoms with Gasteiger partial charge in [-0.3, -0.25) is 4.79 Å². The molecule has 0 bridgehead atoms. The Morgan fingerprint density at radius 3 is 2.63 bits per heavy atom. The van der Waals surface area contributed by atoms with Crippen LogP contribution in [0.4, 0.5) is 0 Å². The number of esters is 1. The fraction of sp³-hybridized carbons (Fsp3) is 0.500. The fourth-order valence-electron chi connectivity index (χ4n) is 2.44. The van der Waals surface area contributed by atoms with E-state index in [9.17, 15) is 4.79 Å². The van der Waals surface area contributed by atoms with Gasteiger partial charge in [-0.25, -0.2) is 0 Å². The van der Waals surface area contributed by atoms with Crippen LogP contribution in [0.3, 0.4) is 0 Å². The van der Waals surface area contributed by atoms with Crippen molar-refractivity contribution in [3.8, 4) is 11.5 Å². The number of rotatable bonds is 3. The number of ether oxygens (including phenoxy) is 4. The van der Waals surface area contributed by atoms with E-state index in [4.69, 9.17) is 18.9 Å². The zero-order valence-corrected chi connectivity index (χ0v) is 10.8. The van der Waals surface area contributed by atoms with Gasteiger partial charge in [0, 0.05) is 0 Å². The van der Waals surface area contributed by atoms with E-state index < -0.39 is 0 Å². The second kappa shape index (κ2) is 4.74. The smallest absolute Gasteiger partial charge is 0.306 e. The fourth-order valence-corrected chi connectivity index (χ4v) is 2.44. The van der Waals surface area contributed by atoms with Gasteiger partial charge in [0.05, 0.1) is 32.2 Å². The van der Waals surface area contributed by atoms with E-state index in [0.717, 1.165) is 17.1 Å². The third-order valence-corrected chi connectivity index (χ3v) is 3.62. The quantitative estimate of drug-likeness (QED) is 0.770. The summed E-state index contributed by atoms with van der Waals surface area (Å²) >= 11 is 0. The van der Waals surface area contributed by atoms with Crippen molar-refractivity contribution in [1.82, 2.24) is 0 Å². The van der Waals surface area contributed by atoms with Gasteiger partial charge in [0.2, 0.25) is 0 Å². The summed E-state index contributed by atoms with van der Waals surface area (Å²) in [5.41, 5.74) is 0.747. The summed E-state index contributed by atoms with van der Waals surface area (Å²) in [7, 11) is 1.40. The van der Waals surface area contributed by atoms with Crippen LogP contribution in [0.25, 0.3) is 0 Å². The van der Waals surface area contributed by atoms with Crippen molar-refractivity contribution in [2.24, 2.45) is 0 Å². The number of hydrogen-bond donors (Lipinski definition) is 0. The van der Waals surface area contributed by atoms with Gasteiger partial charge in [0.15, 0.2) is 11.5 Å². The maximum absolute atomic E-state index is 11.5. The molecule has 1 aromatic rings. The molecule has 0 atom stereocenters. The molecule has 0 saturated carbocycles. The van der Waals surface area contributed by atoms with Crippen molar-refractivity contribution >= 4 is 5.97 Å². The Balaban J connectivity index is 1.89. The Morgan fingerprint density at radius 2 is 2.00 bits per heavy atom. The minimum atomic E-state index is -0.289. The van der Waals surface area contributed by atoms with Crippen molar-refractivity contribution < 1.29 is 23.7 Å². The SMILES string of the molecule is COC(=O)CC1(c2ccc3c(c2)OCCO3)COC1. The molecule has 1 saturated heterocycles. The lowest BCUT2D eigenvalue weighted by atomic mass is 9.76. The summed E-state index contributed by atoms with van der Waals surface area (Å²) in [5.74, 6) is 1.27. The number of hydrogen-bond acceptors (Lipinski definition) is 5. The molecule has 19 heavy (non-hydrogen) atoms. The molecule has 0 amide bonds. The van der Waals surface area contributed by atoms with Crippen LogP contribution in [0.1, 0.15) is 12.0 Å². The topological polar surface area (TPSA) is 54.0 Å². The van der Waals surface area contributed by atoms with Crippen molar-refractivity contribution in [3.63, 3.8) is 0 Å². The second-order valence-corrected chi connectivity index (χ2v) is 4.88. The first-order valence-corrected chi connectivity index (χ1v) is 6.28. The molecule has 2 aliphatic heterocycles. The van der Waals surface area contributed by atoms with Gasteiger partial charge in [0.1, 0.15) is 13.2 Å². The molecule has 0 N–H and O–H groups in total. The van der Waals surface area contributed by atoms with Gasteiger partial charge in [-0.1, -0.05) is 6.07 Å². The highest BCUT2D eigenvalue weighted by Gasteiger charge is 2.43. The van der Waals surface area contributed by atoms with E-state index in [1.807, 2.05) is 18.2 Å². The van der Waals surface area contributed by atoms with Gasteiger partial charge in [0.25, 0.3) is 0 Å². The maximum atomic E-state index is 11.5. The van der Waals surface area contributed by atoms with E-state index in [0.29, 0.717) is 32.8 Å². The average Bonchev–Trinajstić information content (AvgIpc) is 2.42. The van der Waals surface area contributed by atoms with Crippen LogP contribution in [-0.4, -0.2) is 39.5 Å². The zero-order valence-electron chi connectivity index (χ0n) is 10.8. The highest BCUT2D eigenvalue weighted by molar-refractivity contribution is 5.72. The number of fused-ring (bicyclic) bond motifs is 1. The summed E-state index contributed by atoms with van der Waals surface area (Å²) in [6.45, 7) is 2.18. The Kier molecular flexibility index (Phi) is 3.06. The first-order valence-electron chi connectivity index (χ1n) is 6.28. The predicted octanol–water partition coefficient (Wildman–Crippen LogP) is 1.29. The Labute approximate surface area is 111 Å². The first-order chi connectivity index (χ1) is 9.23. The van der Waals surface area contributed by atoms with Gasteiger partial charge in [-0.05, 0) is 17.7 Å². The summed E-state index contributed by atoms with van der Waals surface area (Å²) in [5, 5.41) is 0. The van der Waals surface area contributed by atoms with Gasteiger partial charge < -0.3 is 18.9 Å². The van der Waals surface area contributed by atoms with Crippen molar-refractivity contribution in [1.29, 1.82) is 0 Å². The van der Waals surface area contributed by atoms with Crippen LogP contribution in [0, 0.1) is 0 Å². The van der Waals surface area contributed by atoms with Crippen molar-refractivity contribution in [2.75, 3.05) is 33.5 Å². The molecular weight excluding hydrogens is 248 g/mol. The minimum absolute atomic E-state index is 0.224. The van der Waals surface area contributed by atoms with Crippen LogP contribution >= 0.6 is 0 Å². The molecule has 5 nitrogen and oxygen atoms in total. The third-order valence-electron chi connectivity index (χ3n) is 3.62. The number of methoxy groups -OCH3 is 1. The summed E-state index contributed by atoms with van der Waals surface area (Å²) < 4.78 is 21.1. The highest BCUT2D eigenvalue weighted by atomic mass is 16.6. The molecule has 2 heterocycles. The lowest BCUT2D eigenvalue weighted by molar-refractivity contribution is -0.148. The predicted molar refractivity (Wildman–Crippen MR) is 66.6 cm³/mol. The van der Waals surface area contributed by atoms with E-state index in [2.05, 4.69) is 0 Å². The molecular formula is C14H16O5. The molecule has 0 aliphatic carbocycles. The standard InChI is InChI=1S/C14H16O5/c1-16-13(15)7-14(8-17-9-14)10-2-3-11-12(6-10)19-5-4-18-11/h2-3,6H,4-5,7-9H2,1H3. The van der Waals surface area contributed by atoms with Crippen LogP contribution in [-0.2, 0) is 19.7 Å². The summed E-state index contributed by atoms with van der Waals surface area (Å²) in [6.07, 6.45) is 0.323. The van der Waals surface area contributed by atoms with Crippen LogP contribution < -0.4 is 9.47 Å². The van der Waals surface area contributed by atoms with Crippen LogP contribution in [0.5, 0.6) is 11.5 Å². The lowest BCUT2D eigenvalue weighted by Crippen LogP contribution is -2.48. The molecule has 0 spiro atoms. The monoisotopic (exact) mass is 264 g/mol. The second-order valence-electron chi connectivity index (χ2n) is 4.88. The molecule has 2 aliphatic rings. The first kappa shape index (κ1) is 12.3. The van der Waals surface area contributed by atoms with Gasteiger partial charge in [-0.15, -0.1) is 0 Å². The number of benzene rings is 1. The largest absolute Gasteiger partial charge is 0.486 e. The molecule has 3 rings (SSSR count). The average molecular weight is 264 g/mol. The van der Waals surface area contributed by atoms with Gasteiger partial charge >= 0.3 is 5.97 Å². The van der Waals surface area contributed by atoms with E-state index in [-0.39, 0.29) is 11.4 Å². The van der Waals surface area contributed by atoms with E-state index >= 15 is 0 Å². The Bertz CT molecular complexity index is 493. The normalized spacial score (nSPS) is 19.4. The molecule has 102 valence electrons. The van der Waals surface area contributed by atoms with Crippen LogP contribution in [0.15, 0.2) is 18.2 Å². The summed E-state index contributed by atoms with van der Waals surface area (Å²) in [4.78, 5) is 11.5. The van der Waals surface area contributed by atoms with Gasteiger partial charge in [-0.2, -0.15) is 0 Å². The maximum Gasteiger partial charge on any atom is 0.306 e. The lowest BCUT2D eigenvalue weighted by Gasteiger charge is -2.41. The van der Waals surface area contributed by atoms with E-state index in [1.54, 1.807) is 0 Å². The molecule has 0 radical (unpaired) electrons. The van der Waals surface area contributed by atoms with E-state index in [1.165, 1.54) is 7.11 Å². The molecule has 0 aromatic heterocycles.